The molecule has 1 aliphatic heterocycles. The molecule has 1 heterocycles. The lowest BCUT2D eigenvalue weighted by molar-refractivity contribution is 0.174. The zero-order valence-corrected chi connectivity index (χ0v) is 13.6. The minimum atomic E-state index is 0.338. The van der Waals surface area contributed by atoms with Crippen molar-refractivity contribution in [3.8, 4) is 11.5 Å². The molecule has 1 aromatic rings. The van der Waals surface area contributed by atoms with Crippen molar-refractivity contribution < 1.29 is 9.47 Å². The normalized spacial score (nSPS) is 14.1. The second-order valence-electron chi connectivity index (χ2n) is 5.98. The van der Waals surface area contributed by atoms with Crippen LogP contribution in [0.4, 0.5) is 0 Å². The molecule has 0 bridgehead atoms. The molecule has 3 heteroatoms. The van der Waals surface area contributed by atoms with Gasteiger partial charge in [-0.2, -0.15) is 0 Å². The molecule has 0 fully saturated rings. The zero-order valence-electron chi connectivity index (χ0n) is 13.6. The summed E-state index contributed by atoms with van der Waals surface area (Å²) in [5, 5.41) is 0. The number of hydrogen-bond acceptors (Lipinski definition) is 3. The van der Waals surface area contributed by atoms with Crippen LogP contribution in [0.3, 0.4) is 0 Å². The van der Waals surface area contributed by atoms with Crippen LogP contribution in [-0.4, -0.2) is 31.8 Å². The highest BCUT2D eigenvalue weighted by molar-refractivity contribution is 5.44. The van der Waals surface area contributed by atoms with Gasteiger partial charge in [-0.1, -0.05) is 18.2 Å². The summed E-state index contributed by atoms with van der Waals surface area (Å²) in [5.41, 5.74) is 1.32. The van der Waals surface area contributed by atoms with Crippen molar-refractivity contribution in [1.29, 1.82) is 0 Å². The number of benzene rings is 1. The summed E-state index contributed by atoms with van der Waals surface area (Å²) in [7, 11) is 2.14. The number of nitrogens with zero attached hydrogens (tertiary/aromatic N) is 1. The summed E-state index contributed by atoms with van der Waals surface area (Å²) in [5.74, 6) is 2.37. The summed E-state index contributed by atoms with van der Waals surface area (Å²) in [6.07, 6.45) is 8.52. The summed E-state index contributed by atoms with van der Waals surface area (Å²) in [4.78, 5) is 2.30. The molecule has 1 atom stereocenters. The lowest BCUT2D eigenvalue weighted by atomic mass is 9.91. The van der Waals surface area contributed by atoms with Crippen molar-refractivity contribution in [3.05, 3.63) is 49.1 Å². The third kappa shape index (κ3) is 4.92. The lowest BCUT2D eigenvalue weighted by Crippen LogP contribution is -2.20. The van der Waals surface area contributed by atoms with Crippen molar-refractivity contribution in [1.82, 2.24) is 4.90 Å². The lowest BCUT2D eigenvalue weighted by Gasteiger charge is -2.18. The molecule has 0 amide bonds. The fourth-order valence-electron chi connectivity index (χ4n) is 2.90. The average Bonchev–Trinajstić information content (AvgIpc) is 2.95. The van der Waals surface area contributed by atoms with Crippen molar-refractivity contribution in [2.45, 2.75) is 25.7 Å². The van der Waals surface area contributed by atoms with Gasteiger partial charge in [0.25, 0.3) is 0 Å². The Morgan fingerprint density at radius 1 is 1.23 bits per heavy atom. The number of rotatable bonds is 10. The fourth-order valence-corrected chi connectivity index (χ4v) is 2.90. The summed E-state index contributed by atoms with van der Waals surface area (Å²) < 4.78 is 10.8. The maximum Gasteiger partial charge on any atom is 0.231 e. The molecule has 22 heavy (non-hydrogen) atoms. The Morgan fingerprint density at radius 3 is 2.82 bits per heavy atom. The topological polar surface area (TPSA) is 21.7 Å². The molecule has 120 valence electrons. The quantitative estimate of drug-likeness (QED) is 0.609. The highest BCUT2D eigenvalue weighted by Crippen LogP contribution is 2.33. The number of fused-ring (bicyclic) bond motifs is 1. The van der Waals surface area contributed by atoms with Crippen molar-refractivity contribution in [2.24, 2.45) is 5.92 Å². The maximum absolute atomic E-state index is 5.46. The highest BCUT2D eigenvalue weighted by atomic mass is 16.7. The fraction of sp³-hybridized carbons (Fsp3) is 0.474. The first-order chi connectivity index (χ1) is 10.7. The molecule has 0 saturated heterocycles. The Balaban J connectivity index is 1.85. The predicted molar refractivity (Wildman–Crippen MR) is 91.5 cm³/mol. The zero-order chi connectivity index (χ0) is 15.8. The Bertz CT molecular complexity index is 498. The molecule has 1 aliphatic rings. The van der Waals surface area contributed by atoms with Crippen LogP contribution in [0.25, 0.3) is 0 Å². The number of hydrogen-bond donors (Lipinski definition) is 0. The van der Waals surface area contributed by atoms with E-state index in [9.17, 15) is 0 Å². The molecular formula is C19H27NO2. The molecular weight excluding hydrogens is 274 g/mol. The molecule has 0 saturated carbocycles. The average molecular weight is 301 g/mol. The maximum atomic E-state index is 5.46. The Hall–Kier alpha value is -1.74. The third-order valence-electron chi connectivity index (χ3n) is 4.05. The largest absolute Gasteiger partial charge is 0.454 e. The van der Waals surface area contributed by atoms with Crippen molar-refractivity contribution in [3.63, 3.8) is 0 Å². The van der Waals surface area contributed by atoms with Crippen LogP contribution in [0.5, 0.6) is 11.5 Å². The van der Waals surface area contributed by atoms with Crippen LogP contribution in [0.2, 0.25) is 0 Å². The standard InChI is InChI=1S/C19H27NO2/c1-4-7-16(8-6-12-20(3)11-5-2)13-17-9-10-18-19(14-17)22-15-21-18/h4-5,9-10,14,16H,1-2,6-8,11-13,15H2,3H3. The van der Waals surface area contributed by atoms with Crippen LogP contribution in [0.15, 0.2) is 43.5 Å². The Labute approximate surface area is 134 Å². The second-order valence-corrected chi connectivity index (χ2v) is 5.98. The van der Waals surface area contributed by atoms with Crippen molar-refractivity contribution >= 4 is 0 Å². The van der Waals surface area contributed by atoms with Crippen molar-refractivity contribution in [2.75, 3.05) is 26.9 Å². The van der Waals surface area contributed by atoms with Crippen LogP contribution in [0, 0.1) is 5.92 Å². The van der Waals surface area contributed by atoms with Gasteiger partial charge in [-0.15, -0.1) is 13.2 Å². The van der Waals surface area contributed by atoms with E-state index < -0.39 is 0 Å². The molecule has 0 N–H and O–H groups in total. The van der Waals surface area contributed by atoms with Gasteiger partial charge in [0.1, 0.15) is 0 Å². The van der Waals surface area contributed by atoms with E-state index in [1.807, 2.05) is 18.2 Å². The van der Waals surface area contributed by atoms with Gasteiger partial charge in [0.2, 0.25) is 6.79 Å². The summed E-state index contributed by atoms with van der Waals surface area (Å²) in [6, 6.07) is 6.27. The molecule has 0 aromatic heterocycles. The second kappa shape index (κ2) is 8.64. The first-order valence-corrected chi connectivity index (χ1v) is 8.01. The smallest absolute Gasteiger partial charge is 0.231 e. The van der Waals surface area contributed by atoms with E-state index in [0.717, 1.165) is 37.4 Å². The van der Waals surface area contributed by atoms with Crippen LogP contribution in [-0.2, 0) is 6.42 Å². The third-order valence-corrected chi connectivity index (χ3v) is 4.05. The summed E-state index contributed by atoms with van der Waals surface area (Å²) in [6.45, 7) is 10.1. The minimum absolute atomic E-state index is 0.338. The van der Waals surface area contributed by atoms with Gasteiger partial charge in [0.15, 0.2) is 11.5 Å². The van der Waals surface area contributed by atoms with E-state index in [1.54, 1.807) is 0 Å². The predicted octanol–water partition coefficient (Wildman–Crippen LogP) is 4.05. The van der Waals surface area contributed by atoms with E-state index in [-0.39, 0.29) is 0 Å². The SMILES string of the molecule is C=CCC(CCCN(C)CC=C)Cc1ccc2c(c1)OCO2. The Morgan fingerprint density at radius 2 is 2.05 bits per heavy atom. The van der Waals surface area contributed by atoms with Gasteiger partial charge in [0.05, 0.1) is 0 Å². The van der Waals surface area contributed by atoms with Gasteiger partial charge in [-0.05, 0) is 62.9 Å². The van der Waals surface area contributed by atoms with Gasteiger partial charge in [-0.25, -0.2) is 0 Å². The van der Waals surface area contributed by atoms with E-state index in [0.29, 0.717) is 12.7 Å². The van der Waals surface area contributed by atoms with E-state index >= 15 is 0 Å². The first kappa shape index (κ1) is 16.6. The van der Waals surface area contributed by atoms with Gasteiger partial charge >= 0.3 is 0 Å². The first-order valence-electron chi connectivity index (χ1n) is 8.01. The minimum Gasteiger partial charge on any atom is -0.454 e. The van der Waals surface area contributed by atoms with Gasteiger partial charge in [-0.3, -0.25) is 0 Å². The van der Waals surface area contributed by atoms with Gasteiger partial charge in [0, 0.05) is 6.54 Å². The van der Waals surface area contributed by atoms with Gasteiger partial charge < -0.3 is 14.4 Å². The van der Waals surface area contributed by atoms with Crippen LogP contribution < -0.4 is 9.47 Å². The molecule has 1 aromatic carbocycles. The molecule has 2 rings (SSSR count). The van der Waals surface area contributed by atoms with Crippen LogP contribution >= 0.6 is 0 Å². The number of ether oxygens (including phenoxy) is 2. The Kier molecular flexibility index (Phi) is 6.53. The number of allylic oxidation sites excluding steroid dienone is 1. The summed E-state index contributed by atoms with van der Waals surface area (Å²) >= 11 is 0. The molecule has 1 unspecified atom stereocenters. The highest BCUT2D eigenvalue weighted by Gasteiger charge is 2.15. The van der Waals surface area contributed by atoms with E-state index in [2.05, 4.69) is 37.2 Å². The monoisotopic (exact) mass is 301 g/mol. The molecule has 3 nitrogen and oxygen atoms in total. The van der Waals surface area contributed by atoms with E-state index in [1.165, 1.54) is 18.4 Å². The molecule has 0 aliphatic carbocycles. The molecule has 0 spiro atoms. The number of likely N-dealkylation sites (N-methyl/N-ethyl adjacent to an activating group) is 1. The van der Waals surface area contributed by atoms with E-state index in [4.69, 9.17) is 9.47 Å². The molecule has 0 radical (unpaired) electrons. The van der Waals surface area contributed by atoms with Crippen LogP contribution in [0.1, 0.15) is 24.8 Å².